The number of aromatic hydroxyl groups is 1. The van der Waals surface area contributed by atoms with E-state index in [0.29, 0.717) is 59.8 Å². The van der Waals surface area contributed by atoms with Crippen molar-refractivity contribution in [2.75, 3.05) is 0 Å². The Kier molecular flexibility index (Phi) is 8.29. The quantitative estimate of drug-likeness (QED) is 0.0725. The van der Waals surface area contributed by atoms with E-state index in [0.717, 1.165) is 0 Å². The van der Waals surface area contributed by atoms with Crippen molar-refractivity contribution in [1.29, 1.82) is 0 Å². The summed E-state index contributed by atoms with van der Waals surface area (Å²) in [5.41, 5.74) is 6.89. The van der Waals surface area contributed by atoms with Gasteiger partial charge in [-0.3, -0.25) is 9.59 Å². The molecule has 0 radical (unpaired) electrons. The number of phenols is 1. The van der Waals surface area contributed by atoms with Crippen molar-refractivity contribution >= 4 is 73.8 Å². The Morgan fingerprint density at radius 2 is 1.61 bits per heavy atom. The van der Waals surface area contributed by atoms with Crippen LogP contribution in [-0.2, 0) is 11.2 Å². The Labute approximate surface area is 234 Å². The average molecular weight is 709 g/mol. The number of furan rings is 1. The van der Waals surface area contributed by atoms with Crippen LogP contribution in [0, 0.1) is 7.14 Å². The number of ketones is 1. The van der Waals surface area contributed by atoms with Crippen molar-refractivity contribution in [2.45, 2.75) is 25.7 Å². The standard InChI is InChI=1S/C27H21I2NO6/c28-19-12-16(13-20(29)26(19)33)25(32)24-18-11-10-17(35-27(34)15-6-2-1-3-7-15)14-22(18)36-21(24)8-4-5-9-23(30)31/h1-3,6-7,10-14,33H,4-5,8-9H2,(H2,30,31). The molecule has 36 heavy (non-hydrogen) atoms. The van der Waals surface area contributed by atoms with Gasteiger partial charge in [0.25, 0.3) is 0 Å². The molecule has 4 aromatic rings. The Hall–Kier alpha value is -2.93. The molecule has 0 saturated carbocycles. The van der Waals surface area contributed by atoms with Crippen molar-refractivity contribution in [1.82, 2.24) is 0 Å². The summed E-state index contributed by atoms with van der Waals surface area (Å²) in [6, 6.07) is 16.8. The molecule has 1 aromatic heterocycles. The molecule has 0 bridgehead atoms. The van der Waals surface area contributed by atoms with E-state index in [1.165, 1.54) is 0 Å². The number of aryl methyl sites for hydroxylation is 1. The fraction of sp³-hybridized carbons (Fsp3) is 0.148. The normalized spacial score (nSPS) is 10.9. The minimum Gasteiger partial charge on any atom is -0.506 e. The fourth-order valence-corrected chi connectivity index (χ4v) is 5.55. The highest BCUT2D eigenvalue weighted by molar-refractivity contribution is 14.1. The number of phenolic OH excluding ortho intramolecular Hbond substituents is 1. The molecule has 0 spiro atoms. The number of carbonyl (C=O) groups is 3. The van der Waals surface area contributed by atoms with Gasteiger partial charge in [0.15, 0.2) is 5.78 Å². The first-order valence-electron chi connectivity index (χ1n) is 11.1. The zero-order valence-electron chi connectivity index (χ0n) is 18.9. The molecule has 3 N–H and O–H groups in total. The Morgan fingerprint density at radius 1 is 0.917 bits per heavy atom. The van der Waals surface area contributed by atoms with Gasteiger partial charge in [-0.25, -0.2) is 4.79 Å². The molecule has 7 nitrogen and oxygen atoms in total. The molecule has 184 valence electrons. The van der Waals surface area contributed by atoms with Crippen LogP contribution in [0.4, 0.5) is 0 Å². The number of amides is 1. The predicted molar refractivity (Wildman–Crippen MR) is 151 cm³/mol. The zero-order valence-corrected chi connectivity index (χ0v) is 23.2. The van der Waals surface area contributed by atoms with E-state index in [2.05, 4.69) is 0 Å². The molecule has 0 aliphatic heterocycles. The van der Waals surface area contributed by atoms with E-state index < -0.39 is 5.97 Å². The van der Waals surface area contributed by atoms with Crippen molar-refractivity contribution in [2.24, 2.45) is 5.73 Å². The third-order valence-electron chi connectivity index (χ3n) is 5.54. The first-order valence-corrected chi connectivity index (χ1v) is 13.2. The van der Waals surface area contributed by atoms with Gasteiger partial charge in [0, 0.05) is 29.9 Å². The summed E-state index contributed by atoms with van der Waals surface area (Å²) in [5.74, 6) is -0.237. The largest absolute Gasteiger partial charge is 0.506 e. The van der Waals surface area contributed by atoms with E-state index in [9.17, 15) is 19.5 Å². The summed E-state index contributed by atoms with van der Waals surface area (Å²) in [5, 5.41) is 10.7. The number of hydrogen-bond donors (Lipinski definition) is 2. The molecule has 4 rings (SSSR count). The number of esters is 1. The number of hydrogen-bond acceptors (Lipinski definition) is 6. The lowest BCUT2D eigenvalue weighted by Gasteiger charge is -2.07. The van der Waals surface area contributed by atoms with Crippen LogP contribution in [0.2, 0.25) is 0 Å². The highest BCUT2D eigenvalue weighted by Crippen LogP contribution is 2.34. The molecule has 9 heteroatoms. The molecule has 0 unspecified atom stereocenters. The number of primary amides is 1. The first kappa shape index (κ1) is 26.1. The van der Waals surface area contributed by atoms with Gasteiger partial charge in [0.05, 0.1) is 18.3 Å². The number of benzene rings is 3. The maximum absolute atomic E-state index is 13.6. The topological polar surface area (TPSA) is 120 Å². The summed E-state index contributed by atoms with van der Waals surface area (Å²) >= 11 is 3.97. The Bertz CT molecular complexity index is 1440. The Balaban J connectivity index is 1.70. The van der Waals surface area contributed by atoms with Crippen molar-refractivity contribution in [3.63, 3.8) is 0 Å². The van der Waals surface area contributed by atoms with Gasteiger partial charge in [-0.05, 0) is 94.4 Å². The number of carbonyl (C=O) groups excluding carboxylic acids is 3. The minimum absolute atomic E-state index is 0.126. The molecule has 0 aliphatic rings. The van der Waals surface area contributed by atoms with E-state index in [-0.39, 0.29) is 29.6 Å². The van der Waals surface area contributed by atoms with Crippen LogP contribution >= 0.6 is 45.2 Å². The van der Waals surface area contributed by atoms with E-state index in [4.69, 9.17) is 14.9 Å². The van der Waals surface area contributed by atoms with Crippen molar-refractivity contribution < 1.29 is 28.6 Å². The summed E-state index contributed by atoms with van der Waals surface area (Å²) in [7, 11) is 0. The van der Waals surface area contributed by atoms with Gasteiger partial charge in [0.2, 0.25) is 5.91 Å². The maximum Gasteiger partial charge on any atom is 0.343 e. The lowest BCUT2D eigenvalue weighted by atomic mass is 9.98. The predicted octanol–water partition coefficient (Wildman–Crippen LogP) is 6.00. The number of fused-ring (bicyclic) bond motifs is 1. The molecular formula is C27H21I2NO6. The first-order chi connectivity index (χ1) is 17.2. The summed E-state index contributed by atoms with van der Waals surface area (Å²) in [6.45, 7) is 0. The van der Waals surface area contributed by atoms with Crippen LogP contribution in [0.25, 0.3) is 11.0 Å². The molecule has 3 aromatic carbocycles. The van der Waals surface area contributed by atoms with Gasteiger partial charge in [-0.1, -0.05) is 18.2 Å². The number of rotatable bonds is 9. The van der Waals surface area contributed by atoms with E-state index in [1.807, 2.05) is 51.2 Å². The van der Waals surface area contributed by atoms with Crippen LogP contribution < -0.4 is 10.5 Å². The van der Waals surface area contributed by atoms with Gasteiger partial charge >= 0.3 is 5.97 Å². The third-order valence-corrected chi connectivity index (χ3v) is 7.18. The smallest absolute Gasteiger partial charge is 0.343 e. The van der Waals surface area contributed by atoms with E-state index >= 15 is 0 Å². The van der Waals surface area contributed by atoms with Crippen LogP contribution in [0.3, 0.4) is 0 Å². The van der Waals surface area contributed by atoms with Gasteiger partial charge in [-0.15, -0.1) is 0 Å². The number of unbranched alkanes of at least 4 members (excludes halogenated alkanes) is 1. The molecule has 0 aliphatic carbocycles. The molecule has 1 amide bonds. The summed E-state index contributed by atoms with van der Waals surface area (Å²) in [4.78, 5) is 37.2. The molecule has 0 saturated heterocycles. The van der Waals surface area contributed by atoms with E-state index in [1.54, 1.807) is 54.6 Å². The van der Waals surface area contributed by atoms with Crippen molar-refractivity contribution in [3.05, 3.63) is 90.3 Å². The highest BCUT2D eigenvalue weighted by Gasteiger charge is 2.24. The molecular weight excluding hydrogens is 688 g/mol. The Morgan fingerprint density at radius 3 is 2.28 bits per heavy atom. The fourth-order valence-electron chi connectivity index (χ4n) is 3.78. The monoisotopic (exact) mass is 709 g/mol. The lowest BCUT2D eigenvalue weighted by molar-refractivity contribution is -0.118. The van der Waals surface area contributed by atoms with Crippen LogP contribution in [-0.4, -0.2) is 22.8 Å². The van der Waals surface area contributed by atoms with Crippen molar-refractivity contribution in [3.8, 4) is 11.5 Å². The second-order valence-corrected chi connectivity index (χ2v) is 10.4. The van der Waals surface area contributed by atoms with Crippen LogP contribution in [0.5, 0.6) is 11.5 Å². The van der Waals surface area contributed by atoms with Gasteiger partial charge in [0.1, 0.15) is 22.8 Å². The van der Waals surface area contributed by atoms with Crippen LogP contribution in [0.1, 0.15) is 51.3 Å². The molecule has 0 fully saturated rings. The summed E-state index contributed by atoms with van der Waals surface area (Å²) in [6.07, 6.45) is 1.84. The second kappa shape index (κ2) is 11.4. The average Bonchev–Trinajstić information content (AvgIpc) is 3.22. The minimum atomic E-state index is -0.502. The number of nitrogens with two attached hydrogens (primary N) is 1. The van der Waals surface area contributed by atoms with Crippen LogP contribution in [0.15, 0.2) is 65.1 Å². The molecule has 0 atom stereocenters. The SMILES string of the molecule is NC(=O)CCCCc1oc2cc(OC(=O)c3ccccc3)ccc2c1C(=O)c1cc(I)c(O)c(I)c1. The maximum atomic E-state index is 13.6. The second-order valence-electron chi connectivity index (χ2n) is 8.10. The third kappa shape index (κ3) is 5.89. The number of ether oxygens (including phenoxy) is 1. The number of halogens is 2. The van der Waals surface area contributed by atoms with Gasteiger partial charge in [-0.2, -0.15) is 0 Å². The van der Waals surface area contributed by atoms with Gasteiger partial charge < -0.3 is 20.0 Å². The zero-order chi connectivity index (χ0) is 25.8. The summed E-state index contributed by atoms with van der Waals surface area (Å²) < 4.78 is 12.7. The highest BCUT2D eigenvalue weighted by atomic mass is 127. The molecule has 1 heterocycles. The lowest BCUT2D eigenvalue weighted by Crippen LogP contribution is -2.10.